The first-order valence-electron chi connectivity index (χ1n) is 5.68. The van der Waals surface area contributed by atoms with Gasteiger partial charge in [-0.2, -0.15) is 0 Å². The molecular formula is C12H19N3. The Labute approximate surface area is 91.3 Å². The second kappa shape index (κ2) is 4.73. The number of aromatic nitrogens is 1. The van der Waals surface area contributed by atoms with Gasteiger partial charge in [-0.3, -0.25) is 9.88 Å². The fourth-order valence-corrected chi connectivity index (χ4v) is 2.40. The molecule has 2 heterocycles. The van der Waals surface area contributed by atoms with Gasteiger partial charge in [-0.1, -0.05) is 0 Å². The van der Waals surface area contributed by atoms with Crippen molar-refractivity contribution in [2.24, 2.45) is 5.73 Å². The Hall–Kier alpha value is -0.930. The number of hydrogen-bond acceptors (Lipinski definition) is 3. The SMILES string of the molecule is CC(CN)N1CCCC1c1ccncc1. The standard InChI is InChI=1S/C12H19N3/c1-10(9-13)15-8-2-3-12(15)11-4-6-14-7-5-11/h4-7,10,12H,2-3,8-9,13H2,1H3. The summed E-state index contributed by atoms with van der Waals surface area (Å²) in [6.45, 7) is 4.12. The van der Waals surface area contributed by atoms with Crippen LogP contribution >= 0.6 is 0 Å². The van der Waals surface area contributed by atoms with Gasteiger partial charge in [0.05, 0.1) is 0 Å². The zero-order chi connectivity index (χ0) is 10.7. The Morgan fingerprint density at radius 1 is 1.53 bits per heavy atom. The molecule has 1 fully saturated rings. The van der Waals surface area contributed by atoms with E-state index in [-0.39, 0.29) is 0 Å². The van der Waals surface area contributed by atoms with Gasteiger partial charge in [0.2, 0.25) is 0 Å². The highest BCUT2D eigenvalue weighted by Gasteiger charge is 2.28. The normalized spacial score (nSPS) is 24.3. The fraction of sp³-hybridized carbons (Fsp3) is 0.583. The van der Waals surface area contributed by atoms with Crippen LogP contribution in [-0.4, -0.2) is 29.0 Å². The highest BCUT2D eigenvalue weighted by atomic mass is 15.2. The van der Waals surface area contributed by atoms with E-state index in [4.69, 9.17) is 5.73 Å². The molecular weight excluding hydrogens is 186 g/mol. The van der Waals surface area contributed by atoms with E-state index in [2.05, 4.69) is 28.9 Å². The predicted octanol–water partition coefficient (Wildman–Crippen LogP) is 1.57. The van der Waals surface area contributed by atoms with Gasteiger partial charge < -0.3 is 5.73 Å². The monoisotopic (exact) mass is 205 g/mol. The number of likely N-dealkylation sites (tertiary alicyclic amines) is 1. The Kier molecular flexibility index (Phi) is 3.34. The van der Waals surface area contributed by atoms with Crippen molar-refractivity contribution in [3.63, 3.8) is 0 Å². The minimum Gasteiger partial charge on any atom is -0.329 e. The largest absolute Gasteiger partial charge is 0.329 e. The molecule has 1 aromatic rings. The molecule has 0 saturated carbocycles. The molecule has 2 rings (SSSR count). The molecule has 0 bridgehead atoms. The summed E-state index contributed by atoms with van der Waals surface area (Å²) in [6, 6.07) is 5.26. The molecule has 82 valence electrons. The van der Waals surface area contributed by atoms with Crippen molar-refractivity contribution in [1.82, 2.24) is 9.88 Å². The molecule has 0 radical (unpaired) electrons. The maximum Gasteiger partial charge on any atom is 0.0353 e. The number of pyridine rings is 1. The van der Waals surface area contributed by atoms with Gasteiger partial charge in [-0.05, 0) is 44.0 Å². The topological polar surface area (TPSA) is 42.1 Å². The van der Waals surface area contributed by atoms with E-state index in [1.165, 1.54) is 24.9 Å². The molecule has 1 aliphatic heterocycles. The lowest BCUT2D eigenvalue weighted by molar-refractivity contribution is 0.197. The van der Waals surface area contributed by atoms with E-state index >= 15 is 0 Å². The average molecular weight is 205 g/mol. The molecule has 2 unspecified atom stereocenters. The second-order valence-corrected chi connectivity index (χ2v) is 4.26. The van der Waals surface area contributed by atoms with Gasteiger partial charge in [0.1, 0.15) is 0 Å². The quantitative estimate of drug-likeness (QED) is 0.814. The Balaban J connectivity index is 2.15. The fourth-order valence-electron chi connectivity index (χ4n) is 2.40. The summed E-state index contributed by atoms with van der Waals surface area (Å²) < 4.78 is 0. The minimum absolute atomic E-state index is 0.477. The third-order valence-electron chi connectivity index (χ3n) is 3.29. The molecule has 15 heavy (non-hydrogen) atoms. The van der Waals surface area contributed by atoms with Crippen molar-refractivity contribution in [2.75, 3.05) is 13.1 Å². The van der Waals surface area contributed by atoms with Gasteiger partial charge in [-0.15, -0.1) is 0 Å². The third-order valence-corrected chi connectivity index (χ3v) is 3.29. The maximum absolute atomic E-state index is 5.74. The summed E-state index contributed by atoms with van der Waals surface area (Å²) in [7, 11) is 0. The predicted molar refractivity (Wildman–Crippen MR) is 61.4 cm³/mol. The first kappa shape index (κ1) is 10.6. The third kappa shape index (κ3) is 2.19. The van der Waals surface area contributed by atoms with E-state index in [1.54, 1.807) is 0 Å². The van der Waals surface area contributed by atoms with Gasteiger partial charge in [0, 0.05) is 31.0 Å². The molecule has 0 aliphatic carbocycles. The second-order valence-electron chi connectivity index (χ2n) is 4.26. The first-order valence-corrected chi connectivity index (χ1v) is 5.68. The van der Waals surface area contributed by atoms with Gasteiger partial charge in [-0.25, -0.2) is 0 Å². The maximum atomic E-state index is 5.74. The van der Waals surface area contributed by atoms with E-state index in [0.29, 0.717) is 12.1 Å². The zero-order valence-corrected chi connectivity index (χ0v) is 9.26. The molecule has 1 aromatic heterocycles. The molecule has 0 aromatic carbocycles. The van der Waals surface area contributed by atoms with E-state index < -0.39 is 0 Å². The lowest BCUT2D eigenvalue weighted by atomic mass is 10.1. The molecule has 3 heteroatoms. The molecule has 3 nitrogen and oxygen atoms in total. The summed E-state index contributed by atoms with van der Waals surface area (Å²) in [5.41, 5.74) is 7.12. The van der Waals surface area contributed by atoms with Crippen LogP contribution in [0.3, 0.4) is 0 Å². The van der Waals surface area contributed by atoms with Gasteiger partial charge in [0.25, 0.3) is 0 Å². The van der Waals surface area contributed by atoms with Gasteiger partial charge >= 0.3 is 0 Å². The molecule has 2 N–H and O–H groups in total. The number of nitrogens with two attached hydrogens (primary N) is 1. The summed E-state index contributed by atoms with van der Waals surface area (Å²) in [4.78, 5) is 6.57. The zero-order valence-electron chi connectivity index (χ0n) is 9.26. The van der Waals surface area contributed by atoms with Crippen LogP contribution in [0.2, 0.25) is 0 Å². The number of hydrogen-bond donors (Lipinski definition) is 1. The summed E-state index contributed by atoms with van der Waals surface area (Å²) >= 11 is 0. The minimum atomic E-state index is 0.477. The lowest BCUT2D eigenvalue weighted by Crippen LogP contribution is -2.37. The molecule has 0 amide bonds. The Morgan fingerprint density at radius 2 is 2.27 bits per heavy atom. The van der Waals surface area contributed by atoms with Crippen molar-refractivity contribution in [3.8, 4) is 0 Å². The summed E-state index contributed by atoms with van der Waals surface area (Å²) in [5.74, 6) is 0. The van der Waals surface area contributed by atoms with Crippen molar-refractivity contribution in [3.05, 3.63) is 30.1 Å². The lowest BCUT2D eigenvalue weighted by Gasteiger charge is -2.30. The van der Waals surface area contributed by atoms with Crippen molar-refractivity contribution in [2.45, 2.75) is 31.8 Å². The Bertz CT molecular complexity index is 299. The molecule has 2 atom stereocenters. The van der Waals surface area contributed by atoms with Crippen LogP contribution in [0.5, 0.6) is 0 Å². The van der Waals surface area contributed by atoms with Crippen molar-refractivity contribution >= 4 is 0 Å². The van der Waals surface area contributed by atoms with Crippen LogP contribution in [0.4, 0.5) is 0 Å². The smallest absolute Gasteiger partial charge is 0.0353 e. The van der Waals surface area contributed by atoms with Crippen LogP contribution in [0, 0.1) is 0 Å². The van der Waals surface area contributed by atoms with Crippen LogP contribution in [0.1, 0.15) is 31.4 Å². The van der Waals surface area contributed by atoms with E-state index in [9.17, 15) is 0 Å². The van der Waals surface area contributed by atoms with Crippen LogP contribution in [-0.2, 0) is 0 Å². The molecule has 1 aliphatic rings. The van der Waals surface area contributed by atoms with Crippen molar-refractivity contribution < 1.29 is 0 Å². The number of nitrogens with zero attached hydrogens (tertiary/aromatic N) is 2. The summed E-state index contributed by atoms with van der Waals surface area (Å²) in [5, 5.41) is 0. The van der Waals surface area contributed by atoms with Crippen LogP contribution in [0.25, 0.3) is 0 Å². The van der Waals surface area contributed by atoms with Crippen molar-refractivity contribution in [1.29, 1.82) is 0 Å². The first-order chi connectivity index (χ1) is 7.33. The van der Waals surface area contributed by atoms with E-state index in [1.807, 2.05) is 12.4 Å². The van der Waals surface area contributed by atoms with Crippen LogP contribution < -0.4 is 5.73 Å². The van der Waals surface area contributed by atoms with E-state index in [0.717, 1.165) is 6.54 Å². The number of rotatable bonds is 3. The molecule has 1 saturated heterocycles. The van der Waals surface area contributed by atoms with Crippen LogP contribution in [0.15, 0.2) is 24.5 Å². The summed E-state index contributed by atoms with van der Waals surface area (Å²) in [6.07, 6.45) is 6.27. The highest BCUT2D eigenvalue weighted by Crippen LogP contribution is 2.32. The Morgan fingerprint density at radius 3 is 2.93 bits per heavy atom. The average Bonchev–Trinajstić information content (AvgIpc) is 2.78. The molecule has 0 spiro atoms. The highest BCUT2D eigenvalue weighted by molar-refractivity contribution is 5.16. The van der Waals surface area contributed by atoms with Gasteiger partial charge in [0.15, 0.2) is 0 Å².